The van der Waals surface area contributed by atoms with Gasteiger partial charge in [0, 0.05) is 30.3 Å². The second-order valence-electron chi connectivity index (χ2n) is 8.03. The van der Waals surface area contributed by atoms with E-state index in [-0.39, 0.29) is 17.9 Å². The van der Waals surface area contributed by atoms with Crippen LogP contribution in [-0.2, 0) is 22.1 Å². The summed E-state index contributed by atoms with van der Waals surface area (Å²) in [5.41, 5.74) is 13.7. The number of nitrogens with two attached hydrogens (primary N) is 2. The number of carbonyl (C=O) groups is 1. The van der Waals surface area contributed by atoms with E-state index in [0.29, 0.717) is 48.6 Å². The van der Waals surface area contributed by atoms with Crippen LogP contribution in [-0.4, -0.2) is 19.2 Å². The van der Waals surface area contributed by atoms with Gasteiger partial charge in [0.05, 0.1) is 24.8 Å². The minimum absolute atomic E-state index is 0.0392. The number of benzene rings is 3. The number of hydrogen-bond acceptors (Lipinski definition) is 7. The van der Waals surface area contributed by atoms with Crippen molar-refractivity contribution in [3.63, 3.8) is 0 Å². The van der Waals surface area contributed by atoms with Gasteiger partial charge in [0.1, 0.15) is 11.5 Å². The highest BCUT2D eigenvalue weighted by atomic mass is 19.3. The molecule has 0 aliphatic heterocycles. The molecule has 0 aromatic heterocycles. The fraction of sp³-hybridized carbons (Fsp3) is 0.214. The smallest absolute Gasteiger partial charge is 0.426 e. The average molecular weight is 508 g/mol. The predicted molar refractivity (Wildman–Crippen MR) is 137 cm³/mol. The highest BCUT2D eigenvalue weighted by molar-refractivity contribution is 5.87. The summed E-state index contributed by atoms with van der Waals surface area (Å²) in [7, 11) is 0. The van der Waals surface area contributed by atoms with Crippen molar-refractivity contribution >= 4 is 23.4 Å². The first kappa shape index (κ1) is 27.0. The normalized spacial score (nSPS) is 11.2. The molecule has 3 rings (SSSR count). The number of hydrogen-bond donors (Lipinski definition) is 2. The Kier molecular flexibility index (Phi) is 9.44. The third-order valence-corrected chi connectivity index (χ3v) is 5.22. The number of unbranched alkanes of at least 4 members (excludes halogenated alkanes) is 1. The van der Waals surface area contributed by atoms with Crippen LogP contribution in [0.4, 0.5) is 20.2 Å². The maximum atomic E-state index is 14.6. The largest absolute Gasteiger partial charge is 0.494 e. The van der Waals surface area contributed by atoms with E-state index in [1.807, 2.05) is 6.07 Å². The van der Waals surface area contributed by atoms with Gasteiger partial charge in [-0.25, -0.2) is 4.79 Å². The number of ether oxygens (including phenoxy) is 3. The number of nitrogen functional groups attached to an aromatic ring is 2. The van der Waals surface area contributed by atoms with Crippen LogP contribution >= 0.6 is 0 Å². The zero-order chi connectivity index (χ0) is 26.7. The molecule has 3 aromatic rings. The van der Waals surface area contributed by atoms with Crippen LogP contribution in [0.15, 0.2) is 72.8 Å². The first-order valence-corrected chi connectivity index (χ1v) is 11.5. The zero-order valence-electron chi connectivity index (χ0n) is 20.0. The molecule has 0 aliphatic carbocycles. The molecule has 9 heteroatoms. The molecule has 0 bridgehead atoms. The van der Waals surface area contributed by atoms with Gasteiger partial charge in [0.15, 0.2) is 0 Å². The van der Waals surface area contributed by atoms with Gasteiger partial charge < -0.3 is 25.7 Å². The van der Waals surface area contributed by atoms with E-state index in [9.17, 15) is 13.6 Å². The number of anilines is 2. The Bertz CT molecular complexity index is 1250. The number of carbonyl (C=O) groups excluding carboxylic acids is 1. The van der Waals surface area contributed by atoms with E-state index >= 15 is 0 Å². The molecule has 0 unspecified atom stereocenters. The minimum atomic E-state index is -3.56. The first-order valence-electron chi connectivity index (χ1n) is 11.5. The molecule has 3 aromatic carbocycles. The van der Waals surface area contributed by atoms with E-state index in [2.05, 4.69) is 0 Å². The number of esters is 1. The molecule has 192 valence electrons. The lowest BCUT2D eigenvalue weighted by Crippen LogP contribution is -2.21. The number of nitrogens with zero attached hydrogens (tertiary/aromatic N) is 1. The van der Waals surface area contributed by atoms with Crippen molar-refractivity contribution in [3.8, 4) is 17.6 Å². The van der Waals surface area contributed by atoms with Crippen molar-refractivity contribution in [1.29, 1.82) is 5.26 Å². The standard InChI is InChI=1S/C28H27F2N3O4/c29-28(30,22-7-12-24(13-8-22)35-17-2-1-16-31)37-25-10-3-20(4-11-25)5-14-27(34)36-18-15-21-6-9-23(32)19-26(21)33/h3-14,19H,1-2,15,17-18,32-33H2/b14-5+. The zero-order valence-corrected chi connectivity index (χ0v) is 20.0. The molecule has 0 fully saturated rings. The Morgan fingerprint density at radius 2 is 1.68 bits per heavy atom. The van der Waals surface area contributed by atoms with Crippen molar-refractivity contribution < 1.29 is 27.8 Å². The van der Waals surface area contributed by atoms with Gasteiger partial charge in [-0.1, -0.05) is 18.2 Å². The topological polar surface area (TPSA) is 121 Å². The van der Waals surface area contributed by atoms with Gasteiger partial charge in [-0.3, -0.25) is 0 Å². The van der Waals surface area contributed by atoms with Crippen LogP contribution < -0.4 is 20.9 Å². The molecule has 0 aliphatic rings. The molecule has 37 heavy (non-hydrogen) atoms. The van der Waals surface area contributed by atoms with E-state index in [1.165, 1.54) is 48.6 Å². The molecule has 0 saturated heterocycles. The monoisotopic (exact) mass is 507 g/mol. The first-order chi connectivity index (χ1) is 17.8. The summed E-state index contributed by atoms with van der Waals surface area (Å²) in [5, 5.41) is 8.52. The summed E-state index contributed by atoms with van der Waals surface area (Å²) in [5.74, 6) is -0.150. The Balaban J connectivity index is 1.48. The maximum absolute atomic E-state index is 14.6. The summed E-state index contributed by atoms with van der Waals surface area (Å²) in [6, 6.07) is 18.3. The van der Waals surface area contributed by atoms with Crippen molar-refractivity contribution in [3.05, 3.63) is 89.5 Å². The van der Waals surface area contributed by atoms with Crippen molar-refractivity contribution in [1.82, 2.24) is 0 Å². The van der Waals surface area contributed by atoms with Crippen molar-refractivity contribution in [2.75, 3.05) is 24.7 Å². The predicted octanol–water partition coefficient (Wildman–Crippen LogP) is 5.46. The van der Waals surface area contributed by atoms with Crippen LogP contribution in [0.1, 0.15) is 29.5 Å². The highest BCUT2D eigenvalue weighted by Crippen LogP contribution is 2.32. The molecule has 0 radical (unpaired) electrons. The molecular formula is C28H27F2N3O4. The molecule has 7 nitrogen and oxygen atoms in total. The lowest BCUT2D eigenvalue weighted by Gasteiger charge is -2.18. The Morgan fingerprint density at radius 1 is 0.973 bits per heavy atom. The fourth-order valence-corrected chi connectivity index (χ4v) is 3.26. The SMILES string of the molecule is N#CCCCOc1ccc(C(F)(F)Oc2ccc(/C=C/C(=O)OCCc3ccc(N)cc3N)cc2)cc1. The molecule has 0 amide bonds. The van der Waals surface area contributed by atoms with E-state index in [1.54, 1.807) is 30.3 Å². The Morgan fingerprint density at radius 3 is 2.35 bits per heavy atom. The number of halogens is 2. The van der Waals surface area contributed by atoms with E-state index in [0.717, 1.165) is 5.56 Å². The summed E-state index contributed by atoms with van der Waals surface area (Å²) < 4.78 is 44.6. The number of nitriles is 1. The van der Waals surface area contributed by atoms with Crippen LogP contribution in [0, 0.1) is 11.3 Å². The van der Waals surface area contributed by atoms with Gasteiger partial charge in [-0.05, 0) is 72.2 Å². The molecular weight excluding hydrogens is 480 g/mol. The Labute approximate surface area is 213 Å². The number of alkyl halides is 2. The summed E-state index contributed by atoms with van der Waals surface area (Å²) in [6.07, 6.45) is 0.574. The van der Waals surface area contributed by atoms with E-state index in [4.69, 9.17) is 30.9 Å². The summed E-state index contributed by atoms with van der Waals surface area (Å²) in [4.78, 5) is 12.0. The third-order valence-electron chi connectivity index (χ3n) is 5.22. The van der Waals surface area contributed by atoms with Gasteiger partial charge in [0.25, 0.3) is 0 Å². The summed E-state index contributed by atoms with van der Waals surface area (Å²) >= 11 is 0. The van der Waals surface area contributed by atoms with Crippen LogP contribution in [0.5, 0.6) is 11.5 Å². The van der Waals surface area contributed by atoms with Crippen LogP contribution in [0.25, 0.3) is 6.08 Å². The lowest BCUT2D eigenvalue weighted by atomic mass is 10.1. The van der Waals surface area contributed by atoms with Crippen molar-refractivity contribution in [2.24, 2.45) is 0 Å². The second-order valence-corrected chi connectivity index (χ2v) is 8.03. The molecule has 0 saturated carbocycles. The van der Waals surface area contributed by atoms with Gasteiger partial charge in [-0.15, -0.1) is 0 Å². The highest BCUT2D eigenvalue weighted by Gasteiger charge is 2.34. The second kappa shape index (κ2) is 12.9. The fourth-order valence-electron chi connectivity index (χ4n) is 3.26. The van der Waals surface area contributed by atoms with E-state index < -0.39 is 12.1 Å². The van der Waals surface area contributed by atoms with Crippen LogP contribution in [0.3, 0.4) is 0 Å². The maximum Gasteiger partial charge on any atom is 0.426 e. The van der Waals surface area contributed by atoms with Gasteiger partial charge in [0.2, 0.25) is 0 Å². The number of rotatable bonds is 12. The lowest BCUT2D eigenvalue weighted by molar-refractivity contribution is -0.185. The molecule has 0 atom stereocenters. The van der Waals surface area contributed by atoms with Gasteiger partial charge in [-0.2, -0.15) is 14.0 Å². The molecule has 0 heterocycles. The summed E-state index contributed by atoms with van der Waals surface area (Å²) in [6.45, 7) is 0.477. The van der Waals surface area contributed by atoms with Crippen molar-refractivity contribution in [2.45, 2.75) is 25.4 Å². The molecule has 4 N–H and O–H groups in total. The Hall–Kier alpha value is -4.58. The third kappa shape index (κ3) is 8.54. The minimum Gasteiger partial charge on any atom is -0.494 e. The van der Waals surface area contributed by atoms with Crippen LogP contribution in [0.2, 0.25) is 0 Å². The van der Waals surface area contributed by atoms with Gasteiger partial charge >= 0.3 is 12.1 Å². The quantitative estimate of drug-likeness (QED) is 0.144. The molecule has 0 spiro atoms. The average Bonchev–Trinajstić information content (AvgIpc) is 2.87.